The summed E-state index contributed by atoms with van der Waals surface area (Å²) in [5.41, 5.74) is 2.24. The molecule has 112 valence electrons. The topological polar surface area (TPSA) is 56.1 Å². The molecule has 0 radical (unpaired) electrons. The van der Waals surface area contributed by atoms with Crippen LogP contribution in [0.15, 0.2) is 24.2 Å². The lowest BCUT2D eigenvalue weighted by atomic mass is 10.0. The number of rotatable bonds is 6. The van der Waals surface area contributed by atoms with E-state index in [2.05, 4.69) is 26.8 Å². The smallest absolute Gasteiger partial charge is 0.107 e. The fourth-order valence-corrected chi connectivity index (χ4v) is 3.30. The normalized spacial score (nSPS) is 18.6. The van der Waals surface area contributed by atoms with Gasteiger partial charge in [0.1, 0.15) is 10.7 Å². The molecule has 0 saturated carbocycles. The highest BCUT2D eigenvalue weighted by atomic mass is 32.1. The molecule has 6 nitrogen and oxygen atoms in total. The fraction of sp³-hybridized carbons (Fsp3) is 0.500. The van der Waals surface area contributed by atoms with Crippen molar-refractivity contribution in [2.24, 2.45) is 7.05 Å². The molecule has 21 heavy (non-hydrogen) atoms. The minimum absolute atomic E-state index is 0.131. The molecular weight excluding hydrogens is 286 g/mol. The summed E-state index contributed by atoms with van der Waals surface area (Å²) in [6.07, 6.45) is 4.58. The van der Waals surface area contributed by atoms with Gasteiger partial charge in [0.05, 0.1) is 31.5 Å². The van der Waals surface area contributed by atoms with E-state index < -0.39 is 0 Å². The van der Waals surface area contributed by atoms with Gasteiger partial charge in [-0.1, -0.05) is 11.3 Å². The Labute approximate surface area is 128 Å². The van der Waals surface area contributed by atoms with Crippen molar-refractivity contribution in [1.82, 2.24) is 24.9 Å². The standard InChI is InChI=1S/C14H19N5OS/c1-3-7-20-10-12-14-11(18(2)17-16-14)4-6-19(12)9-13-15-5-8-21-13/h3,5,8,12H,1,4,6-7,9-10H2,2H3/t12-/m0/s1. The minimum atomic E-state index is 0.131. The van der Waals surface area contributed by atoms with Crippen LogP contribution in [-0.2, 0) is 24.8 Å². The Morgan fingerprint density at radius 1 is 1.57 bits per heavy atom. The SMILES string of the molecule is C=CCOC[C@H]1c2nnn(C)c2CCN1Cc1nccs1. The number of aromatic nitrogens is 4. The van der Waals surface area contributed by atoms with Crippen LogP contribution < -0.4 is 0 Å². The molecule has 0 saturated heterocycles. The Morgan fingerprint density at radius 2 is 2.48 bits per heavy atom. The monoisotopic (exact) mass is 305 g/mol. The Morgan fingerprint density at radius 3 is 3.24 bits per heavy atom. The molecule has 0 aliphatic carbocycles. The lowest BCUT2D eigenvalue weighted by Gasteiger charge is -2.33. The third-order valence-corrected chi connectivity index (χ3v) is 4.46. The van der Waals surface area contributed by atoms with E-state index in [0.29, 0.717) is 13.2 Å². The molecule has 0 amide bonds. The predicted molar refractivity (Wildman–Crippen MR) is 81.0 cm³/mol. The highest BCUT2D eigenvalue weighted by molar-refractivity contribution is 7.09. The Balaban J connectivity index is 1.80. The molecule has 2 aromatic rings. The van der Waals surface area contributed by atoms with E-state index in [1.165, 1.54) is 5.69 Å². The number of aryl methyl sites for hydroxylation is 1. The van der Waals surface area contributed by atoms with Gasteiger partial charge >= 0.3 is 0 Å². The molecule has 3 heterocycles. The summed E-state index contributed by atoms with van der Waals surface area (Å²) in [4.78, 5) is 6.75. The van der Waals surface area contributed by atoms with Crippen LogP contribution in [0.1, 0.15) is 22.4 Å². The second-order valence-electron chi connectivity index (χ2n) is 5.03. The maximum Gasteiger partial charge on any atom is 0.107 e. The van der Waals surface area contributed by atoms with Crippen LogP contribution in [0.4, 0.5) is 0 Å². The molecule has 0 unspecified atom stereocenters. The van der Waals surface area contributed by atoms with Crippen LogP contribution in [0, 0.1) is 0 Å². The van der Waals surface area contributed by atoms with E-state index in [1.807, 2.05) is 23.3 Å². The molecule has 0 aromatic carbocycles. The van der Waals surface area contributed by atoms with Crippen molar-refractivity contribution >= 4 is 11.3 Å². The van der Waals surface area contributed by atoms with E-state index in [0.717, 1.165) is 30.2 Å². The van der Waals surface area contributed by atoms with Crippen LogP contribution in [0.3, 0.4) is 0 Å². The number of hydrogen-bond acceptors (Lipinski definition) is 6. The fourth-order valence-electron chi connectivity index (χ4n) is 2.66. The van der Waals surface area contributed by atoms with E-state index in [-0.39, 0.29) is 6.04 Å². The van der Waals surface area contributed by atoms with Gasteiger partial charge < -0.3 is 4.74 Å². The molecule has 1 aliphatic rings. The summed E-state index contributed by atoms with van der Waals surface area (Å²) in [5, 5.41) is 11.6. The zero-order valence-electron chi connectivity index (χ0n) is 12.1. The van der Waals surface area contributed by atoms with Gasteiger partial charge in [-0.15, -0.1) is 23.0 Å². The number of nitrogens with zero attached hydrogens (tertiary/aromatic N) is 5. The molecule has 7 heteroatoms. The number of ether oxygens (including phenoxy) is 1. The van der Waals surface area contributed by atoms with Crippen molar-refractivity contribution in [2.45, 2.75) is 19.0 Å². The molecule has 0 bridgehead atoms. The van der Waals surface area contributed by atoms with Crippen molar-refractivity contribution in [3.05, 3.63) is 40.6 Å². The first-order chi connectivity index (χ1) is 10.3. The summed E-state index contributed by atoms with van der Waals surface area (Å²) >= 11 is 1.68. The first-order valence-corrected chi connectivity index (χ1v) is 7.87. The summed E-state index contributed by atoms with van der Waals surface area (Å²) in [6.45, 7) is 6.64. The second kappa shape index (κ2) is 6.46. The van der Waals surface area contributed by atoms with Crippen LogP contribution in [0.2, 0.25) is 0 Å². The minimum Gasteiger partial charge on any atom is -0.375 e. The zero-order valence-corrected chi connectivity index (χ0v) is 12.9. The first kappa shape index (κ1) is 14.4. The molecule has 0 N–H and O–H groups in total. The van der Waals surface area contributed by atoms with Gasteiger partial charge in [-0.3, -0.25) is 9.58 Å². The highest BCUT2D eigenvalue weighted by Crippen LogP contribution is 2.29. The van der Waals surface area contributed by atoms with Gasteiger partial charge in [0.15, 0.2) is 0 Å². The molecular formula is C14H19N5OS. The Kier molecular flexibility index (Phi) is 4.42. The zero-order chi connectivity index (χ0) is 14.7. The summed E-state index contributed by atoms with van der Waals surface area (Å²) in [7, 11) is 1.95. The van der Waals surface area contributed by atoms with Gasteiger partial charge in [0, 0.05) is 31.6 Å². The second-order valence-corrected chi connectivity index (χ2v) is 6.01. The maximum atomic E-state index is 5.68. The summed E-state index contributed by atoms with van der Waals surface area (Å²) in [5.74, 6) is 0. The maximum absolute atomic E-state index is 5.68. The quantitative estimate of drug-likeness (QED) is 0.599. The molecule has 2 aromatic heterocycles. The molecule has 1 aliphatic heterocycles. The average molecular weight is 305 g/mol. The van der Waals surface area contributed by atoms with Crippen molar-refractivity contribution in [3.8, 4) is 0 Å². The Bertz CT molecular complexity index is 595. The van der Waals surface area contributed by atoms with E-state index in [4.69, 9.17) is 4.74 Å². The summed E-state index contributed by atoms with van der Waals surface area (Å²) < 4.78 is 7.56. The third kappa shape index (κ3) is 3.04. The van der Waals surface area contributed by atoms with Crippen LogP contribution >= 0.6 is 11.3 Å². The van der Waals surface area contributed by atoms with Crippen molar-refractivity contribution in [2.75, 3.05) is 19.8 Å². The molecule has 0 spiro atoms. The van der Waals surface area contributed by atoms with Gasteiger partial charge in [-0.25, -0.2) is 4.98 Å². The van der Waals surface area contributed by atoms with Crippen molar-refractivity contribution < 1.29 is 4.74 Å². The van der Waals surface area contributed by atoms with E-state index in [9.17, 15) is 0 Å². The van der Waals surface area contributed by atoms with Gasteiger partial charge in [-0.05, 0) is 0 Å². The molecule has 0 fully saturated rings. The van der Waals surface area contributed by atoms with Gasteiger partial charge in [-0.2, -0.15) is 0 Å². The van der Waals surface area contributed by atoms with Crippen molar-refractivity contribution in [1.29, 1.82) is 0 Å². The third-order valence-electron chi connectivity index (χ3n) is 3.70. The van der Waals surface area contributed by atoms with Crippen LogP contribution in [0.5, 0.6) is 0 Å². The predicted octanol–water partition coefficient (Wildman–Crippen LogP) is 1.57. The average Bonchev–Trinajstić information content (AvgIpc) is 3.11. The van der Waals surface area contributed by atoms with Crippen LogP contribution in [0.25, 0.3) is 0 Å². The molecule has 1 atom stereocenters. The largest absolute Gasteiger partial charge is 0.375 e. The highest BCUT2D eigenvalue weighted by Gasteiger charge is 2.32. The van der Waals surface area contributed by atoms with Gasteiger partial charge in [0.2, 0.25) is 0 Å². The van der Waals surface area contributed by atoms with Crippen LogP contribution in [-0.4, -0.2) is 44.6 Å². The first-order valence-electron chi connectivity index (χ1n) is 6.99. The number of fused-ring (bicyclic) bond motifs is 1. The van der Waals surface area contributed by atoms with E-state index in [1.54, 1.807) is 17.4 Å². The lowest BCUT2D eigenvalue weighted by Crippen LogP contribution is -2.38. The van der Waals surface area contributed by atoms with Gasteiger partial charge in [0.25, 0.3) is 0 Å². The molecule has 3 rings (SSSR count). The number of hydrogen-bond donors (Lipinski definition) is 0. The Hall–Kier alpha value is -1.57. The van der Waals surface area contributed by atoms with Crippen molar-refractivity contribution in [3.63, 3.8) is 0 Å². The van der Waals surface area contributed by atoms with E-state index >= 15 is 0 Å². The number of thiazole rings is 1. The summed E-state index contributed by atoms with van der Waals surface area (Å²) in [6, 6.07) is 0.131. The lowest BCUT2D eigenvalue weighted by molar-refractivity contribution is 0.0599.